The molecule has 0 radical (unpaired) electrons. The summed E-state index contributed by atoms with van der Waals surface area (Å²) in [6.45, 7) is 0. The smallest absolute Gasteiger partial charge is 0.227 e. The second-order valence-corrected chi connectivity index (χ2v) is 10.2. The van der Waals surface area contributed by atoms with Gasteiger partial charge < -0.3 is 8.83 Å². The molecule has 9 rings (SSSR count). The summed E-state index contributed by atoms with van der Waals surface area (Å²) in [6.07, 6.45) is 0. The number of aromatic nitrogens is 2. The van der Waals surface area contributed by atoms with Gasteiger partial charge in [-0.25, -0.2) is 9.97 Å². The summed E-state index contributed by atoms with van der Waals surface area (Å²) < 4.78 is 12.8. The van der Waals surface area contributed by atoms with E-state index in [0.717, 1.165) is 54.9 Å². The van der Waals surface area contributed by atoms with Crippen molar-refractivity contribution in [2.45, 2.75) is 0 Å². The zero-order valence-corrected chi connectivity index (χ0v) is 21.3. The van der Waals surface area contributed by atoms with E-state index < -0.39 is 0 Å². The zero-order chi connectivity index (χ0) is 26.2. The highest BCUT2D eigenvalue weighted by molar-refractivity contribution is 6.23. The molecule has 0 atom stereocenters. The Hall–Kier alpha value is -5.48. The van der Waals surface area contributed by atoms with E-state index in [-0.39, 0.29) is 0 Å². The lowest BCUT2D eigenvalue weighted by Crippen LogP contribution is -1.82. The summed E-state index contributed by atoms with van der Waals surface area (Å²) in [5.41, 5.74) is 5.19. The SMILES string of the molecule is c1ccc2c(c1)c1ccccc1c1oc(-c3ccc(-c4nc5c6ccccc6c6ccccc6c5o4)cc3)nc21. The number of fused-ring (bicyclic) bond motifs is 12. The molecule has 0 amide bonds. The van der Waals surface area contributed by atoms with Gasteiger partial charge in [-0.15, -0.1) is 0 Å². The van der Waals surface area contributed by atoms with Gasteiger partial charge in [-0.1, -0.05) is 97.1 Å². The second-order valence-electron chi connectivity index (χ2n) is 10.2. The Morgan fingerprint density at radius 2 is 0.625 bits per heavy atom. The molecule has 0 bridgehead atoms. The quantitative estimate of drug-likeness (QED) is 0.216. The number of rotatable bonds is 2. The van der Waals surface area contributed by atoms with Crippen LogP contribution in [-0.2, 0) is 0 Å². The first kappa shape index (κ1) is 21.5. The number of hydrogen-bond donors (Lipinski definition) is 0. The average Bonchev–Trinajstić information content (AvgIpc) is 3.68. The first-order chi connectivity index (χ1) is 19.8. The predicted molar refractivity (Wildman–Crippen MR) is 162 cm³/mol. The molecule has 0 N–H and O–H groups in total. The van der Waals surface area contributed by atoms with Crippen LogP contribution in [0.5, 0.6) is 0 Å². The van der Waals surface area contributed by atoms with E-state index in [4.69, 9.17) is 18.8 Å². The summed E-state index contributed by atoms with van der Waals surface area (Å²) in [6, 6.07) is 41.5. The predicted octanol–water partition coefficient (Wildman–Crippen LogP) is 9.92. The largest absolute Gasteiger partial charge is 0.435 e. The average molecular weight is 513 g/mol. The molecule has 0 aliphatic heterocycles. The molecular formula is C36H20N2O2. The van der Waals surface area contributed by atoms with Crippen LogP contribution in [0.1, 0.15) is 0 Å². The Morgan fingerprint density at radius 1 is 0.325 bits per heavy atom. The van der Waals surface area contributed by atoms with E-state index in [1.165, 1.54) is 21.5 Å². The van der Waals surface area contributed by atoms with Gasteiger partial charge in [-0.2, -0.15) is 0 Å². The van der Waals surface area contributed by atoms with Gasteiger partial charge in [0.2, 0.25) is 11.8 Å². The summed E-state index contributed by atoms with van der Waals surface area (Å²) in [4.78, 5) is 9.92. The van der Waals surface area contributed by atoms with E-state index in [1.807, 2.05) is 48.5 Å². The topological polar surface area (TPSA) is 52.1 Å². The van der Waals surface area contributed by atoms with Gasteiger partial charge in [0.15, 0.2) is 11.2 Å². The number of benzene rings is 7. The molecule has 2 aromatic heterocycles. The summed E-state index contributed by atoms with van der Waals surface area (Å²) in [5.74, 6) is 1.19. The Bertz CT molecular complexity index is 2110. The van der Waals surface area contributed by atoms with Crippen molar-refractivity contribution in [1.29, 1.82) is 0 Å². The van der Waals surface area contributed by atoms with Crippen molar-refractivity contribution in [3.63, 3.8) is 0 Å². The van der Waals surface area contributed by atoms with Gasteiger partial charge in [-0.3, -0.25) is 0 Å². The first-order valence-corrected chi connectivity index (χ1v) is 13.3. The second kappa shape index (κ2) is 8.01. The van der Waals surface area contributed by atoms with Crippen LogP contribution in [0.15, 0.2) is 130 Å². The molecule has 0 saturated carbocycles. The van der Waals surface area contributed by atoms with Gasteiger partial charge in [0.25, 0.3) is 0 Å². The molecule has 7 aromatic carbocycles. The number of nitrogens with zero attached hydrogens (tertiary/aromatic N) is 2. The molecule has 0 fully saturated rings. The van der Waals surface area contributed by atoms with Gasteiger partial charge in [0.05, 0.1) is 0 Å². The molecule has 9 aromatic rings. The van der Waals surface area contributed by atoms with Gasteiger partial charge >= 0.3 is 0 Å². The summed E-state index contributed by atoms with van der Waals surface area (Å²) >= 11 is 0. The Labute approximate surface area is 228 Å². The van der Waals surface area contributed by atoms with Gasteiger partial charge in [0.1, 0.15) is 11.0 Å². The van der Waals surface area contributed by atoms with E-state index in [9.17, 15) is 0 Å². The maximum absolute atomic E-state index is 6.42. The molecule has 4 heteroatoms. The Balaban J connectivity index is 1.20. The monoisotopic (exact) mass is 512 g/mol. The van der Waals surface area contributed by atoms with Crippen LogP contribution in [0.2, 0.25) is 0 Å². The fraction of sp³-hybridized carbons (Fsp3) is 0. The van der Waals surface area contributed by atoms with Crippen molar-refractivity contribution in [2.24, 2.45) is 0 Å². The minimum Gasteiger partial charge on any atom is -0.435 e. The lowest BCUT2D eigenvalue weighted by Gasteiger charge is -2.04. The van der Waals surface area contributed by atoms with Crippen LogP contribution in [0.4, 0.5) is 0 Å². The summed E-state index contributed by atoms with van der Waals surface area (Å²) in [5, 5.41) is 9.01. The molecule has 0 saturated heterocycles. The fourth-order valence-electron chi connectivity index (χ4n) is 6.05. The Morgan fingerprint density at radius 3 is 1.00 bits per heavy atom. The lowest BCUT2D eigenvalue weighted by atomic mass is 10.0. The van der Waals surface area contributed by atoms with Crippen molar-refractivity contribution in [1.82, 2.24) is 9.97 Å². The van der Waals surface area contributed by atoms with Crippen molar-refractivity contribution < 1.29 is 8.83 Å². The summed E-state index contributed by atoms with van der Waals surface area (Å²) in [7, 11) is 0. The van der Waals surface area contributed by atoms with Crippen molar-refractivity contribution in [3.8, 4) is 22.9 Å². The highest BCUT2D eigenvalue weighted by Gasteiger charge is 2.18. The minimum atomic E-state index is 0.595. The van der Waals surface area contributed by atoms with Gasteiger partial charge in [0, 0.05) is 32.7 Å². The molecule has 0 aliphatic carbocycles. The minimum absolute atomic E-state index is 0.595. The van der Waals surface area contributed by atoms with Crippen molar-refractivity contribution in [3.05, 3.63) is 121 Å². The van der Waals surface area contributed by atoms with E-state index >= 15 is 0 Å². The molecule has 0 spiro atoms. The lowest BCUT2D eigenvalue weighted by molar-refractivity contribution is 0.621. The van der Waals surface area contributed by atoms with Crippen molar-refractivity contribution in [2.75, 3.05) is 0 Å². The highest BCUT2D eigenvalue weighted by atomic mass is 16.4. The van der Waals surface area contributed by atoms with Crippen LogP contribution < -0.4 is 0 Å². The van der Waals surface area contributed by atoms with E-state index in [0.29, 0.717) is 11.8 Å². The first-order valence-electron chi connectivity index (χ1n) is 13.3. The normalized spacial score (nSPS) is 12.0. The third-order valence-electron chi connectivity index (χ3n) is 7.92. The Kier molecular flexibility index (Phi) is 4.30. The van der Waals surface area contributed by atoms with E-state index in [1.54, 1.807) is 0 Å². The molecule has 2 heterocycles. The van der Waals surface area contributed by atoms with Crippen LogP contribution in [0, 0.1) is 0 Å². The number of hydrogen-bond acceptors (Lipinski definition) is 4. The molecular weight excluding hydrogens is 492 g/mol. The molecule has 40 heavy (non-hydrogen) atoms. The van der Waals surface area contributed by atoms with Gasteiger partial charge in [-0.05, 0) is 45.8 Å². The molecule has 0 unspecified atom stereocenters. The number of oxazole rings is 2. The maximum Gasteiger partial charge on any atom is 0.227 e. The molecule has 4 nitrogen and oxygen atoms in total. The third-order valence-corrected chi connectivity index (χ3v) is 7.92. The zero-order valence-electron chi connectivity index (χ0n) is 21.3. The maximum atomic E-state index is 6.42. The molecule has 186 valence electrons. The standard InChI is InChI=1S/C36H20N2O2/c1-5-13-27-23(9-1)25-11-3-7-15-29(25)33-31(27)37-35(39-33)21-17-19-22(20-18-21)36-38-32-28-14-6-2-10-24(28)26-12-4-8-16-30(26)34(32)40-36/h1-20H. The third kappa shape index (κ3) is 2.96. The fourth-order valence-corrected chi connectivity index (χ4v) is 6.05. The van der Waals surface area contributed by atoms with Crippen molar-refractivity contribution >= 4 is 65.3 Å². The van der Waals surface area contributed by atoms with Crippen LogP contribution in [0.3, 0.4) is 0 Å². The highest BCUT2D eigenvalue weighted by Crippen LogP contribution is 2.39. The van der Waals surface area contributed by atoms with Crippen LogP contribution >= 0.6 is 0 Å². The molecule has 0 aliphatic rings. The van der Waals surface area contributed by atoms with Crippen LogP contribution in [-0.4, -0.2) is 9.97 Å². The van der Waals surface area contributed by atoms with E-state index in [2.05, 4.69) is 72.8 Å². The van der Waals surface area contributed by atoms with Crippen LogP contribution in [0.25, 0.3) is 88.2 Å².